The first kappa shape index (κ1) is 13.9. The van der Waals surface area contributed by atoms with Crippen LogP contribution in [0.2, 0.25) is 0 Å². The summed E-state index contributed by atoms with van der Waals surface area (Å²) in [7, 11) is 0. The number of hydrogen-bond donors (Lipinski definition) is 1. The molecule has 2 heterocycles. The van der Waals surface area contributed by atoms with E-state index in [1.807, 2.05) is 6.92 Å². The summed E-state index contributed by atoms with van der Waals surface area (Å²) in [6.07, 6.45) is 3.12. The monoisotopic (exact) mass is 289 g/mol. The van der Waals surface area contributed by atoms with Crippen LogP contribution in [0.15, 0.2) is 24.5 Å². The summed E-state index contributed by atoms with van der Waals surface area (Å²) >= 11 is 0. The van der Waals surface area contributed by atoms with Crippen molar-refractivity contribution < 1.29 is 14.3 Å². The van der Waals surface area contributed by atoms with Gasteiger partial charge >= 0.3 is 0 Å². The molecule has 1 aromatic carbocycles. The Labute approximate surface area is 121 Å². The SMILES string of the molecule is CC1CCN(C(=O)c2cc(F)cc3nccnc23)CC1O. The van der Waals surface area contributed by atoms with Crippen LogP contribution in [-0.4, -0.2) is 45.1 Å². The lowest BCUT2D eigenvalue weighted by atomic mass is 9.95. The molecule has 110 valence electrons. The van der Waals surface area contributed by atoms with Crippen LogP contribution in [0.25, 0.3) is 11.0 Å². The normalized spacial score (nSPS) is 22.5. The van der Waals surface area contributed by atoms with Crippen molar-refractivity contribution in [3.05, 3.63) is 35.9 Å². The van der Waals surface area contributed by atoms with Crippen molar-refractivity contribution in [2.75, 3.05) is 13.1 Å². The molecule has 2 atom stereocenters. The second-order valence-corrected chi connectivity index (χ2v) is 5.46. The number of nitrogens with zero attached hydrogens (tertiary/aromatic N) is 3. The molecular weight excluding hydrogens is 273 g/mol. The molecular formula is C15H16FN3O2. The largest absolute Gasteiger partial charge is 0.391 e. The number of aliphatic hydroxyl groups is 1. The van der Waals surface area contributed by atoms with E-state index in [0.717, 1.165) is 6.42 Å². The topological polar surface area (TPSA) is 66.3 Å². The van der Waals surface area contributed by atoms with E-state index in [4.69, 9.17) is 0 Å². The summed E-state index contributed by atoms with van der Waals surface area (Å²) in [5, 5.41) is 9.92. The van der Waals surface area contributed by atoms with E-state index in [-0.39, 0.29) is 23.9 Å². The van der Waals surface area contributed by atoms with Crippen LogP contribution in [0.3, 0.4) is 0 Å². The van der Waals surface area contributed by atoms with E-state index in [1.54, 1.807) is 4.90 Å². The van der Waals surface area contributed by atoms with Crippen LogP contribution in [-0.2, 0) is 0 Å². The molecule has 1 saturated heterocycles. The molecule has 0 spiro atoms. The number of benzene rings is 1. The molecule has 21 heavy (non-hydrogen) atoms. The molecule has 1 fully saturated rings. The first-order valence-corrected chi connectivity index (χ1v) is 6.94. The minimum absolute atomic E-state index is 0.165. The number of hydrogen-bond acceptors (Lipinski definition) is 4. The molecule has 1 aliphatic rings. The fraction of sp³-hybridized carbons (Fsp3) is 0.400. The summed E-state index contributed by atoms with van der Waals surface area (Å²) in [4.78, 5) is 22.3. The number of rotatable bonds is 1. The molecule has 2 unspecified atom stereocenters. The van der Waals surface area contributed by atoms with Crippen LogP contribution in [0.5, 0.6) is 0 Å². The Morgan fingerprint density at radius 3 is 2.90 bits per heavy atom. The van der Waals surface area contributed by atoms with Gasteiger partial charge in [-0.1, -0.05) is 6.92 Å². The van der Waals surface area contributed by atoms with Crippen molar-refractivity contribution in [3.8, 4) is 0 Å². The Hall–Kier alpha value is -2.08. The second kappa shape index (κ2) is 5.37. The zero-order valence-corrected chi connectivity index (χ0v) is 11.7. The van der Waals surface area contributed by atoms with Crippen molar-refractivity contribution >= 4 is 16.9 Å². The average molecular weight is 289 g/mol. The van der Waals surface area contributed by atoms with Gasteiger partial charge in [-0.25, -0.2) is 4.39 Å². The summed E-state index contributed by atoms with van der Waals surface area (Å²) in [6, 6.07) is 2.44. The van der Waals surface area contributed by atoms with Crippen molar-refractivity contribution in [1.82, 2.24) is 14.9 Å². The van der Waals surface area contributed by atoms with Crippen molar-refractivity contribution in [1.29, 1.82) is 0 Å². The molecule has 1 aliphatic heterocycles. The number of β-amino-alcohol motifs (C(OH)–C–C–N with tert-alkyl or cyclic N) is 1. The number of carbonyl (C=O) groups is 1. The smallest absolute Gasteiger partial charge is 0.256 e. The van der Waals surface area contributed by atoms with Gasteiger partial charge in [-0.2, -0.15) is 0 Å². The highest BCUT2D eigenvalue weighted by Crippen LogP contribution is 2.22. The Morgan fingerprint density at radius 1 is 1.38 bits per heavy atom. The lowest BCUT2D eigenvalue weighted by molar-refractivity contribution is 0.0249. The van der Waals surface area contributed by atoms with Crippen LogP contribution < -0.4 is 0 Å². The number of piperidine rings is 1. The van der Waals surface area contributed by atoms with E-state index in [2.05, 4.69) is 9.97 Å². The number of fused-ring (bicyclic) bond motifs is 1. The maximum absolute atomic E-state index is 13.7. The zero-order chi connectivity index (χ0) is 15.0. The lowest BCUT2D eigenvalue weighted by Gasteiger charge is -2.34. The summed E-state index contributed by atoms with van der Waals surface area (Å²) in [5.74, 6) is -0.665. The number of aliphatic hydroxyl groups excluding tert-OH is 1. The maximum atomic E-state index is 13.7. The van der Waals surface area contributed by atoms with Gasteiger partial charge < -0.3 is 10.0 Å². The summed E-state index contributed by atoms with van der Waals surface area (Å²) < 4.78 is 13.7. The van der Waals surface area contributed by atoms with Crippen LogP contribution >= 0.6 is 0 Å². The molecule has 2 aromatic rings. The minimum atomic E-state index is -0.548. The Balaban J connectivity index is 1.98. The van der Waals surface area contributed by atoms with Crippen LogP contribution in [0, 0.1) is 11.7 Å². The van der Waals surface area contributed by atoms with E-state index >= 15 is 0 Å². The van der Waals surface area contributed by atoms with Crippen LogP contribution in [0.4, 0.5) is 4.39 Å². The molecule has 0 saturated carbocycles. The zero-order valence-electron chi connectivity index (χ0n) is 11.7. The number of amides is 1. The molecule has 6 heteroatoms. The van der Waals surface area contributed by atoms with E-state index < -0.39 is 11.9 Å². The minimum Gasteiger partial charge on any atom is -0.391 e. The Kier molecular flexibility index (Phi) is 3.55. The third kappa shape index (κ3) is 2.58. The Morgan fingerprint density at radius 2 is 2.14 bits per heavy atom. The molecule has 1 N–H and O–H groups in total. The molecule has 0 radical (unpaired) electrons. The van der Waals surface area contributed by atoms with Gasteiger partial charge in [0.1, 0.15) is 11.3 Å². The van der Waals surface area contributed by atoms with E-state index in [9.17, 15) is 14.3 Å². The molecule has 3 rings (SSSR count). The fourth-order valence-electron chi connectivity index (χ4n) is 2.61. The Bertz CT molecular complexity index is 692. The van der Waals surface area contributed by atoms with Crippen molar-refractivity contribution in [2.45, 2.75) is 19.4 Å². The van der Waals surface area contributed by atoms with Crippen molar-refractivity contribution in [3.63, 3.8) is 0 Å². The third-order valence-electron chi connectivity index (χ3n) is 3.97. The van der Waals surface area contributed by atoms with E-state index in [1.165, 1.54) is 24.5 Å². The number of aromatic nitrogens is 2. The molecule has 1 amide bonds. The number of halogens is 1. The van der Waals surface area contributed by atoms with Gasteiger partial charge in [-0.15, -0.1) is 0 Å². The molecule has 0 bridgehead atoms. The summed E-state index contributed by atoms with van der Waals surface area (Å²) in [6.45, 7) is 2.77. The first-order chi connectivity index (χ1) is 10.1. The van der Waals surface area contributed by atoms with Gasteiger partial charge in [0.25, 0.3) is 5.91 Å². The highest BCUT2D eigenvalue weighted by Gasteiger charge is 2.29. The molecule has 0 aliphatic carbocycles. The summed E-state index contributed by atoms with van der Waals surface area (Å²) in [5.41, 5.74) is 0.934. The predicted octanol–water partition coefficient (Wildman–Crippen LogP) is 1.61. The third-order valence-corrected chi connectivity index (χ3v) is 3.97. The van der Waals surface area contributed by atoms with Crippen LogP contribution in [0.1, 0.15) is 23.7 Å². The van der Waals surface area contributed by atoms with Gasteiger partial charge in [0, 0.05) is 31.5 Å². The fourth-order valence-corrected chi connectivity index (χ4v) is 2.61. The van der Waals surface area contributed by atoms with E-state index in [0.29, 0.717) is 17.6 Å². The van der Waals surface area contributed by atoms with Gasteiger partial charge in [0.05, 0.1) is 17.2 Å². The van der Waals surface area contributed by atoms with Gasteiger partial charge in [-0.05, 0) is 18.4 Å². The van der Waals surface area contributed by atoms with Gasteiger partial charge in [0.15, 0.2) is 0 Å². The number of carbonyl (C=O) groups excluding carboxylic acids is 1. The maximum Gasteiger partial charge on any atom is 0.256 e. The number of likely N-dealkylation sites (tertiary alicyclic amines) is 1. The first-order valence-electron chi connectivity index (χ1n) is 6.94. The van der Waals surface area contributed by atoms with Crippen molar-refractivity contribution in [2.24, 2.45) is 5.92 Å². The average Bonchev–Trinajstić information content (AvgIpc) is 2.48. The van der Waals surface area contributed by atoms with Gasteiger partial charge in [0.2, 0.25) is 0 Å². The van der Waals surface area contributed by atoms with Gasteiger partial charge in [-0.3, -0.25) is 14.8 Å². The highest BCUT2D eigenvalue weighted by molar-refractivity contribution is 6.04. The standard InChI is InChI=1S/C15H16FN3O2/c1-9-2-5-19(8-13(9)20)15(21)11-6-10(16)7-12-14(11)18-4-3-17-12/h3-4,6-7,9,13,20H,2,5,8H2,1H3. The predicted molar refractivity (Wildman–Crippen MR) is 75.2 cm³/mol. The molecule has 5 nitrogen and oxygen atoms in total. The lowest BCUT2D eigenvalue weighted by Crippen LogP contribution is -2.45. The quantitative estimate of drug-likeness (QED) is 0.866. The second-order valence-electron chi connectivity index (χ2n) is 5.46. The highest BCUT2D eigenvalue weighted by atomic mass is 19.1. The molecule has 1 aromatic heterocycles.